The Kier molecular flexibility index (Phi) is 3.22. The number of H-pyrrole nitrogens is 1. The summed E-state index contributed by atoms with van der Waals surface area (Å²) in [6.07, 6.45) is 1.60. The third-order valence-corrected chi connectivity index (χ3v) is 3.37. The second kappa shape index (κ2) is 5.05. The number of fused-ring (bicyclic) bond motifs is 1. The molecule has 21 heavy (non-hydrogen) atoms. The van der Waals surface area contributed by atoms with Crippen molar-refractivity contribution in [2.45, 2.75) is 13.8 Å². The van der Waals surface area contributed by atoms with Crippen molar-refractivity contribution in [3.05, 3.63) is 65.1 Å². The summed E-state index contributed by atoms with van der Waals surface area (Å²) in [6.45, 7) is 3.95. The number of nitrogens with one attached hydrogen (secondary N) is 2. The molecule has 2 N–H and O–H groups in total. The van der Waals surface area contributed by atoms with E-state index in [1.165, 1.54) is 12.1 Å². The van der Waals surface area contributed by atoms with Crippen LogP contribution < -0.4 is 5.32 Å². The fraction of sp³-hybridized carbons (Fsp3) is 0.118. The van der Waals surface area contributed by atoms with Gasteiger partial charge in [-0.1, -0.05) is 6.07 Å². The first-order valence-corrected chi connectivity index (χ1v) is 6.69. The zero-order valence-electron chi connectivity index (χ0n) is 11.8. The number of rotatable bonds is 2. The first kappa shape index (κ1) is 13.4. The number of carbonyl (C=O) groups excluding carboxylic acids is 1. The van der Waals surface area contributed by atoms with E-state index in [4.69, 9.17) is 0 Å². The van der Waals surface area contributed by atoms with Crippen LogP contribution in [0, 0.1) is 19.7 Å². The monoisotopic (exact) mass is 282 g/mol. The van der Waals surface area contributed by atoms with Crippen LogP contribution in [-0.4, -0.2) is 10.9 Å². The maximum atomic E-state index is 13.3. The smallest absolute Gasteiger partial charge is 0.257 e. The number of amides is 1. The molecule has 0 unspecified atom stereocenters. The third kappa shape index (κ3) is 2.65. The maximum Gasteiger partial charge on any atom is 0.257 e. The number of halogens is 1. The van der Waals surface area contributed by atoms with Crippen LogP contribution >= 0.6 is 0 Å². The van der Waals surface area contributed by atoms with E-state index in [1.54, 1.807) is 12.3 Å². The molecule has 0 bridgehead atoms. The summed E-state index contributed by atoms with van der Waals surface area (Å²) in [6, 6.07) is 10.2. The zero-order valence-corrected chi connectivity index (χ0v) is 11.8. The molecular weight excluding hydrogens is 267 g/mol. The summed E-state index contributed by atoms with van der Waals surface area (Å²) in [5.41, 5.74) is 4.07. The highest BCUT2D eigenvalue weighted by Gasteiger charge is 2.13. The van der Waals surface area contributed by atoms with Crippen LogP contribution in [0.5, 0.6) is 0 Å². The third-order valence-electron chi connectivity index (χ3n) is 3.37. The SMILES string of the molecule is Cc1cc(C)cc(NC(=O)c2c[nH]c3ccc(F)cc23)c1. The molecule has 3 nitrogen and oxygen atoms in total. The highest BCUT2D eigenvalue weighted by Crippen LogP contribution is 2.21. The fourth-order valence-electron chi connectivity index (χ4n) is 2.53. The predicted octanol–water partition coefficient (Wildman–Crippen LogP) is 4.18. The van der Waals surface area contributed by atoms with Gasteiger partial charge in [-0.3, -0.25) is 4.79 Å². The second-order valence-corrected chi connectivity index (χ2v) is 5.22. The first-order chi connectivity index (χ1) is 10.0. The van der Waals surface area contributed by atoms with Gasteiger partial charge in [0.25, 0.3) is 5.91 Å². The molecule has 0 aliphatic carbocycles. The number of hydrogen-bond acceptors (Lipinski definition) is 1. The minimum atomic E-state index is -0.359. The molecule has 0 aliphatic heterocycles. The molecule has 0 spiro atoms. The van der Waals surface area contributed by atoms with Crippen molar-refractivity contribution in [3.63, 3.8) is 0 Å². The van der Waals surface area contributed by atoms with Gasteiger partial charge < -0.3 is 10.3 Å². The molecule has 0 aliphatic rings. The van der Waals surface area contributed by atoms with E-state index in [0.717, 1.165) is 22.3 Å². The minimum Gasteiger partial charge on any atom is -0.360 e. The predicted molar refractivity (Wildman–Crippen MR) is 82.1 cm³/mol. The Labute approximate surface area is 121 Å². The number of aromatic nitrogens is 1. The average molecular weight is 282 g/mol. The van der Waals surface area contributed by atoms with Crippen molar-refractivity contribution in [2.24, 2.45) is 0 Å². The van der Waals surface area contributed by atoms with E-state index in [-0.39, 0.29) is 11.7 Å². The molecular formula is C17H15FN2O. The number of hydrogen-bond donors (Lipinski definition) is 2. The van der Waals surface area contributed by atoms with Crippen molar-refractivity contribution in [1.29, 1.82) is 0 Å². The molecule has 3 aromatic rings. The van der Waals surface area contributed by atoms with Crippen molar-refractivity contribution >= 4 is 22.5 Å². The lowest BCUT2D eigenvalue weighted by atomic mass is 10.1. The van der Waals surface area contributed by atoms with Gasteiger partial charge in [0, 0.05) is 22.8 Å². The molecule has 0 saturated carbocycles. The molecule has 1 aromatic heterocycles. The zero-order chi connectivity index (χ0) is 15.0. The molecule has 106 valence electrons. The summed E-state index contributed by atoms with van der Waals surface area (Å²) in [5.74, 6) is -0.612. The Balaban J connectivity index is 1.95. The van der Waals surface area contributed by atoms with Crippen LogP contribution in [-0.2, 0) is 0 Å². The molecule has 0 fully saturated rings. The van der Waals surface area contributed by atoms with Gasteiger partial charge in [-0.2, -0.15) is 0 Å². The highest BCUT2D eigenvalue weighted by atomic mass is 19.1. The Morgan fingerprint density at radius 2 is 1.81 bits per heavy atom. The van der Waals surface area contributed by atoms with Gasteiger partial charge in [-0.05, 0) is 55.3 Å². The minimum absolute atomic E-state index is 0.253. The first-order valence-electron chi connectivity index (χ1n) is 6.69. The van der Waals surface area contributed by atoms with Gasteiger partial charge in [0.1, 0.15) is 5.82 Å². The van der Waals surface area contributed by atoms with E-state index in [2.05, 4.69) is 10.3 Å². The summed E-state index contributed by atoms with van der Waals surface area (Å²) < 4.78 is 13.3. The topological polar surface area (TPSA) is 44.9 Å². The van der Waals surface area contributed by atoms with Gasteiger partial charge in [0.2, 0.25) is 0 Å². The van der Waals surface area contributed by atoms with Gasteiger partial charge in [-0.15, -0.1) is 0 Å². The lowest BCUT2D eigenvalue weighted by Gasteiger charge is -2.07. The van der Waals surface area contributed by atoms with E-state index in [0.29, 0.717) is 10.9 Å². The maximum absolute atomic E-state index is 13.3. The van der Waals surface area contributed by atoms with Crippen LogP contribution in [0.2, 0.25) is 0 Å². The fourth-order valence-corrected chi connectivity index (χ4v) is 2.53. The number of aryl methyl sites for hydroxylation is 2. The second-order valence-electron chi connectivity index (χ2n) is 5.22. The molecule has 2 aromatic carbocycles. The van der Waals surface area contributed by atoms with E-state index in [9.17, 15) is 9.18 Å². The van der Waals surface area contributed by atoms with Crippen LogP contribution in [0.3, 0.4) is 0 Å². The van der Waals surface area contributed by atoms with Crippen LogP contribution in [0.4, 0.5) is 10.1 Å². The van der Waals surface area contributed by atoms with Gasteiger partial charge in [0.15, 0.2) is 0 Å². The Morgan fingerprint density at radius 3 is 2.52 bits per heavy atom. The normalized spacial score (nSPS) is 10.8. The quantitative estimate of drug-likeness (QED) is 0.727. The van der Waals surface area contributed by atoms with Gasteiger partial charge in [-0.25, -0.2) is 4.39 Å². The molecule has 0 atom stereocenters. The van der Waals surface area contributed by atoms with Crippen molar-refractivity contribution in [1.82, 2.24) is 4.98 Å². The number of carbonyl (C=O) groups is 1. The molecule has 3 rings (SSSR count). The Hall–Kier alpha value is -2.62. The summed E-state index contributed by atoms with van der Waals surface area (Å²) in [4.78, 5) is 15.3. The average Bonchev–Trinajstić information content (AvgIpc) is 2.80. The van der Waals surface area contributed by atoms with E-state index in [1.807, 2.05) is 32.0 Å². The summed E-state index contributed by atoms with van der Waals surface area (Å²) >= 11 is 0. The lowest BCUT2D eigenvalue weighted by Crippen LogP contribution is -2.11. The number of benzene rings is 2. The molecule has 1 heterocycles. The number of anilines is 1. The van der Waals surface area contributed by atoms with Crippen LogP contribution in [0.25, 0.3) is 10.9 Å². The lowest BCUT2D eigenvalue weighted by molar-refractivity contribution is 0.102. The van der Waals surface area contributed by atoms with E-state index >= 15 is 0 Å². The molecule has 4 heteroatoms. The van der Waals surface area contributed by atoms with Crippen molar-refractivity contribution in [3.8, 4) is 0 Å². The van der Waals surface area contributed by atoms with Gasteiger partial charge >= 0.3 is 0 Å². The van der Waals surface area contributed by atoms with Gasteiger partial charge in [0.05, 0.1) is 5.56 Å². The number of aromatic amines is 1. The Morgan fingerprint density at radius 1 is 1.10 bits per heavy atom. The largest absolute Gasteiger partial charge is 0.360 e. The molecule has 0 radical (unpaired) electrons. The van der Waals surface area contributed by atoms with Crippen molar-refractivity contribution in [2.75, 3.05) is 5.32 Å². The van der Waals surface area contributed by atoms with Crippen LogP contribution in [0.15, 0.2) is 42.6 Å². The summed E-state index contributed by atoms with van der Waals surface area (Å²) in [7, 11) is 0. The molecule has 1 amide bonds. The van der Waals surface area contributed by atoms with Crippen LogP contribution in [0.1, 0.15) is 21.5 Å². The standard InChI is InChI=1S/C17H15FN2O/c1-10-5-11(2)7-13(6-10)20-17(21)15-9-19-16-4-3-12(18)8-14(15)16/h3-9,19H,1-2H3,(H,20,21). The van der Waals surface area contributed by atoms with E-state index < -0.39 is 0 Å². The molecule has 0 saturated heterocycles. The Bertz CT molecular complexity index is 816. The highest BCUT2D eigenvalue weighted by molar-refractivity contribution is 6.12. The van der Waals surface area contributed by atoms with Crippen molar-refractivity contribution < 1.29 is 9.18 Å². The summed E-state index contributed by atoms with van der Waals surface area (Å²) in [5, 5.41) is 3.44.